The molecule has 1 fully saturated rings. The van der Waals surface area contributed by atoms with Crippen molar-refractivity contribution in [2.45, 2.75) is 25.7 Å². The van der Waals surface area contributed by atoms with Gasteiger partial charge in [0.05, 0.1) is 31.0 Å². The van der Waals surface area contributed by atoms with Crippen LogP contribution in [0.3, 0.4) is 0 Å². The second kappa shape index (κ2) is 8.13. The predicted molar refractivity (Wildman–Crippen MR) is 94.1 cm³/mol. The summed E-state index contributed by atoms with van der Waals surface area (Å²) in [5.74, 6) is -0.348. The van der Waals surface area contributed by atoms with Crippen molar-refractivity contribution in [1.29, 1.82) is 0 Å². The van der Waals surface area contributed by atoms with E-state index >= 15 is 0 Å². The summed E-state index contributed by atoms with van der Waals surface area (Å²) in [4.78, 5) is 23.9. The first-order valence-corrected chi connectivity index (χ1v) is 9.15. The fourth-order valence-corrected chi connectivity index (χ4v) is 3.63. The Balaban J connectivity index is 1.53. The van der Waals surface area contributed by atoms with Crippen molar-refractivity contribution in [3.8, 4) is 0 Å². The van der Waals surface area contributed by atoms with Crippen molar-refractivity contribution in [3.63, 3.8) is 0 Å². The topological polar surface area (TPSA) is 102 Å². The number of quaternary nitrogens is 1. The van der Waals surface area contributed by atoms with Gasteiger partial charge in [-0.15, -0.1) is 10.2 Å². The fourth-order valence-electron chi connectivity index (χ4n) is 2.89. The molecule has 2 heterocycles. The number of amides is 1. The number of benzene rings is 1. The Hall–Kier alpha value is -2.39. The minimum Gasteiger partial charge on any atom is -0.335 e. The summed E-state index contributed by atoms with van der Waals surface area (Å²) in [6.07, 6.45) is 4.78. The quantitative estimate of drug-likeness (QED) is 0.596. The maximum Gasteiger partial charge on any atom is 0.269 e. The van der Waals surface area contributed by atoms with Crippen LogP contribution in [0.15, 0.2) is 24.3 Å². The molecular weight excluding hydrogens is 342 g/mol. The molecule has 8 nitrogen and oxygen atoms in total. The maximum absolute atomic E-state index is 12.2. The van der Waals surface area contributed by atoms with Crippen LogP contribution in [0.1, 0.15) is 34.6 Å². The molecule has 0 saturated carbocycles. The minimum absolute atomic E-state index is 0.0463. The summed E-state index contributed by atoms with van der Waals surface area (Å²) < 4.78 is 0. The van der Waals surface area contributed by atoms with Crippen LogP contribution in [0.5, 0.6) is 0 Å². The summed E-state index contributed by atoms with van der Waals surface area (Å²) >= 11 is 1.38. The van der Waals surface area contributed by atoms with Gasteiger partial charge in [-0.1, -0.05) is 11.3 Å². The van der Waals surface area contributed by atoms with Gasteiger partial charge in [0.15, 0.2) is 0 Å². The van der Waals surface area contributed by atoms with E-state index in [4.69, 9.17) is 0 Å². The van der Waals surface area contributed by atoms with Crippen LogP contribution in [0.2, 0.25) is 0 Å². The van der Waals surface area contributed by atoms with E-state index in [0.29, 0.717) is 10.7 Å². The second-order valence-electron chi connectivity index (χ2n) is 6.07. The first kappa shape index (κ1) is 17.4. The number of hydrogen-bond acceptors (Lipinski definition) is 6. The van der Waals surface area contributed by atoms with Crippen molar-refractivity contribution in [1.82, 2.24) is 10.2 Å². The first-order valence-electron chi connectivity index (χ1n) is 8.33. The molecule has 25 heavy (non-hydrogen) atoms. The summed E-state index contributed by atoms with van der Waals surface area (Å²) in [6, 6.07) is 5.47. The van der Waals surface area contributed by atoms with E-state index in [-0.39, 0.29) is 11.6 Å². The number of carbonyl (C=O) groups excluding carboxylic acids is 1. The number of nitrogens with zero attached hydrogens (tertiary/aromatic N) is 3. The van der Waals surface area contributed by atoms with Crippen molar-refractivity contribution < 1.29 is 14.6 Å². The highest BCUT2D eigenvalue weighted by molar-refractivity contribution is 7.15. The molecule has 0 bridgehead atoms. The average Bonchev–Trinajstić information content (AvgIpc) is 3.08. The number of anilines is 1. The Kier molecular flexibility index (Phi) is 5.67. The van der Waals surface area contributed by atoms with Crippen LogP contribution < -0.4 is 10.2 Å². The van der Waals surface area contributed by atoms with Gasteiger partial charge in [0.2, 0.25) is 5.13 Å². The number of rotatable bonds is 6. The highest BCUT2D eigenvalue weighted by atomic mass is 32.1. The van der Waals surface area contributed by atoms with Gasteiger partial charge in [-0.3, -0.25) is 20.2 Å². The van der Waals surface area contributed by atoms with E-state index in [1.807, 2.05) is 0 Å². The molecule has 1 saturated heterocycles. The maximum atomic E-state index is 12.2. The second-order valence-corrected chi connectivity index (χ2v) is 7.13. The standard InChI is InChI=1S/C16H19N5O3S/c22-15(12-4-6-13(7-5-12)21(23)24)17-16-19-18-14(25-16)8-11-20-9-2-1-3-10-20/h4-7H,1-3,8-11H2,(H,17,19,22)/p+1. The van der Waals surface area contributed by atoms with Crippen LogP contribution in [0.4, 0.5) is 10.8 Å². The van der Waals surface area contributed by atoms with Crippen molar-refractivity contribution in [2.75, 3.05) is 25.0 Å². The molecule has 0 spiro atoms. The lowest BCUT2D eigenvalue weighted by Gasteiger charge is -2.22. The molecule has 1 aromatic carbocycles. The van der Waals surface area contributed by atoms with E-state index in [2.05, 4.69) is 15.5 Å². The van der Waals surface area contributed by atoms with Crippen molar-refractivity contribution in [2.24, 2.45) is 0 Å². The van der Waals surface area contributed by atoms with Crippen LogP contribution in [0, 0.1) is 10.1 Å². The predicted octanol–water partition coefficient (Wildman–Crippen LogP) is 1.31. The zero-order valence-corrected chi connectivity index (χ0v) is 14.6. The molecule has 9 heteroatoms. The van der Waals surface area contributed by atoms with Gasteiger partial charge < -0.3 is 4.90 Å². The van der Waals surface area contributed by atoms with Gasteiger partial charge in [-0.05, 0) is 31.4 Å². The Morgan fingerprint density at radius 3 is 2.60 bits per heavy atom. The third-order valence-corrected chi connectivity index (χ3v) is 5.18. The highest BCUT2D eigenvalue weighted by Crippen LogP contribution is 2.17. The summed E-state index contributed by atoms with van der Waals surface area (Å²) in [7, 11) is 0. The lowest BCUT2D eigenvalue weighted by Crippen LogP contribution is -3.13. The van der Waals surface area contributed by atoms with Crippen LogP contribution in [0.25, 0.3) is 0 Å². The number of likely N-dealkylation sites (tertiary alicyclic amines) is 1. The van der Waals surface area contributed by atoms with Gasteiger partial charge in [0, 0.05) is 17.7 Å². The Labute approximate surface area is 149 Å². The first-order chi connectivity index (χ1) is 12.1. The molecule has 0 aliphatic carbocycles. The molecule has 0 atom stereocenters. The van der Waals surface area contributed by atoms with Crippen LogP contribution >= 0.6 is 11.3 Å². The van der Waals surface area contributed by atoms with Gasteiger partial charge >= 0.3 is 0 Å². The number of nitro benzene ring substituents is 1. The number of nitro groups is 1. The molecule has 1 aliphatic heterocycles. The summed E-state index contributed by atoms with van der Waals surface area (Å²) in [6.45, 7) is 3.50. The number of carbonyl (C=O) groups is 1. The average molecular weight is 362 g/mol. The van der Waals surface area contributed by atoms with E-state index < -0.39 is 4.92 Å². The van der Waals surface area contributed by atoms with Crippen molar-refractivity contribution >= 4 is 28.1 Å². The molecule has 1 aliphatic rings. The SMILES string of the molecule is O=C(Nc1nnc(CC[NH+]2CCCCC2)s1)c1ccc([N+](=O)[O-])cc1. The van der Waals surface area contributed by atoms with Gasteiger partial charge in [-0.2, -0.15) is 0 Å². The molecule has 0 radical (unpaired) electrons. The van der Waals surface area contributed by atoms with E-state index in [1.165, 1.54) is 68.0 Å². The Morgan fingerprint density at radius 1 is 1.20 bits per heavy atom. The molecular formula is C16H20N5O3S+. The summed E-state index contributed by atoms with van der Waals surface area (Å²) in [5.41, 5.74) is 0.301. The van der Waals surface area contributed by atoms with Crippen molar-refractivity contribution in [3.05, 3.63) is 45.0 Å². The summed E-state index contributed by atoms with van der Waals surface area (Å²) in [5, 5.41) is 22.8. The molecule has 3 rings (SSSR count). The monoisotopic (exact) mass is 362 g/mol. The van der Waals surface area contributed by atoms with Gasteiger partial charge in [0.1, 0.15) is 5.01 Å². The van der Waals surface area contributed by atoms with E-state index in [9.17, 15) is 14.9 Å². The zero-order valence-electron chi connectivity index (χ0n) is 13.7. The Morgan fingerprint density at radius 2 is 1.92 bits per heavy atom. The smallest absolute Gasteiger partial charge is 0.269 e. The zero-order chi connectivity index (χ0) is 17.6. The number of piperidine rings is 1. The molecule has 0 unspecified atom stereocenters. The minimum atomic E-state index is -0.497. The molecule has 1 aromatic heterocycles. The van der Waals surface area contributed by atoms with E-state index in [1.54, 1.807) is 4.90 Å². The molecule has 2 N–H and O–H groups in total. The fraction of sp³-hybridized carbons (Fsp3) is 0.438. The third-order valence-electron chi connectivity index (χ3n) is 4.28. The normalized spacial score (nSPS) is 15.0. The van der Waals surface area contributed by atoms with Crippen LogP contribution in [-0.2, 0) is 6.42 Å². The van der Waals surface area contributed by atoms with Gasteiger partial charge in [-0.25, -0.2) is 0 Å². The van der Waals surface area contributed by atoms with Crippen LogP contribution in [-0.4, -0.2) is 40.7 Å². The lowest BCUT2D eigenvalue weighted by molar-refractivity contribution is -0.904. The largest absolute Gasteiger partial charge is 0.335 e. The van der Waals surface area contributed by atoms with E-state index in [0.717, 1.165) is 18.0 Å². The Bertz CT molecular complexity index is 740. The number of non-ortho nitro benzene ring substituents is 1. The number of aromatic nitrogens is 2. The number of nitrogens with one attached hydrogen (secondary N) is 2. The molecule has 132 valence electrons. The third kappa shape index (κ3) is 4.80. The molecule has 2 aromatic rings. The highest BCUT2D eigenvalue weighted by Gasteiger charge is 2.16. The molecule has 1 amide bonds. The lowest BCUT2D eigenvalue weighted by atomic mass is 10.1. The van der Waals surface area contributed by atoms with Gasteiger partial charge in [0.25, 0.3) is 11.6 Å². The number of hydrogen-bond donors (Lipinski definition) is 2.